The Morgan fingerprint density at radius 2 is 1.90 bits per heavy atom. The van der Waals surface area contributed by atoms with Gasteiger partial charge in [-0.1, -0.05) is 32.0 Å². The summed E-state index contributed by atoms with van der Waals surface area (Å²) in [5.74, 6) is 1.61. The summed E-state index contributed by atoms with van der Waals surface area (Å²) in [6.07, 6.45) is 1.89. The maximum absolute atomic E-state index is 12.0. The van der Waals surface area contributed by atoms with Crippen molar-refractivity contribution >= 4 is 11.6 Å². The Morgan fingerprint density at radius 1 is 1.25 bits per heavy atom. The minimum Gasteiger partial charge on any atom is -0.326 e. The van der Waals surface area contributed by atoms with Gasteiger partial charge in [-0.3, -0.25) is 4.79 Å². The first-order chi connectivity index (χ1) is 9.54. The van der Waals surface area contributed by atoms with Gasteiger partial charge in [-0.25, -0.2) is 0 Å². The van der Waals surface area contributed by atoms with Crippen molar-refractivity contribution in [3.05, 3.63) is 29.8 Å². The van der Waals surface area contributed by atoms with E-state index in [9.17, 15) is 4.79 Å². The van der Waals surface area contributed by atoms with Crippen LogP contribution in [0.25, 0.3) is 0 Å². The Morgan fingerprint density at radius 3 is 2.55 bits per heavy atom. The van der Waals surface area contributed by atoms with Crippen LogP contribution in [0.2, 0.25) is 0 Å². The molecule has 3 heteroatoms. The maximum atomic E-state index is 12.0. The zero-order valence-electron chi connectivity index (χ0n) is 12.9. The van der Waals surface area contributed by atoms with Gasteiger partial charge in [0.2, 0.25) is 5.91 Å². The lowest BCUT2D eigenvalue weighted by atomic mass is 9.92. The molecule has 0 unspecified atom stereocenters. The van der Waals surface area contributed by atoms with Crippen LogP contribution >= 0.6 is 0 Å². The molecule has 110 valence electrons. The van der Waals surface area contributed by atoms with Crippen molar-refractivity contribution < 1.29 is 4.79 Å². The van der Waals surface area contributed by atoms with Crippen LogP contribution in [-0.4, -0.2) is 30.4 Å². The van der Waals surface area contributed by atoms with Gasteiger partial charge in [-0.15, -0.1) is 0 Å². The van der Waals surface area contributed by atoms with Crippen molar-refractivity contribution in [1.29, 1.82) is 0 Å². The zero-order chi connectivity index (χ0) is 14.5. The highest BCUT2D eigenvalue weighted by Crippen LogP contribution is 2.21. The molecule has 0 aromatic heterocycles. The van der Waals surface area contributed by atoms with Crippen LogP contribution < -0.4 is 5.32 Å². The van der Waals surface area contributed by atoms with E-state index >= 15 is 0 Å². The number of aryl methyl sites for hydroxylation is 1. The molecule has 20 heavy (non-hydrogen) atoms. The number of hydrogen-bond donors (Lipinski definition) is 1. The van der Waals surface area contributed by atoms with Gasteiger partial charge in [0.15, 0.2) is 0 Å². The molecule has 1 aromatic rings. The lowest BCUT2D eigenvalue weighted by Gasteiger charge is -2.34. The molecule has 1 heterocycles. The standard InChI is InChI=1S/C17H26N2O/c1-13-10-14(2)12-19(11-13)9-8-17(20)18-16-7-5-4-6-15(16)3/h4-7,13-14H,8-12H2,1-3H3,(H,18,20)/t13-,14-/m1/s1. The summed E-state index contributed by atoms with van der Waals surface area (Å²) in [5, 5.41) is 3.01. The van der Waals surface area contributed by atoms with E-state index in [4.69, 9.17) is 0 Å². The van der Waals surface area contributed by atoms with Crippen molar-refractivity contribution in [1.82, 2.24) is 4.90 Å². The molecule has 2 atom stereocenters. The van der Waals surface area contributed by atoms with Gasteiger partial charge >= 0.3 is 0 Å². The molecule has 2 rings (SSSR count). The Balaban J connectivity index is 1.79. The molecule has 0 aliphatic carbocycles. The zero-order valence-corrected chi connectivity index (χ0v) is 12.9. The lowest BCUT2D eigenvalue weighted by Crippen LogP contribution is -2.40. The number of rotatable bonds is 4. The number of carbonyl (C=O) groups excluding carboxylic acids is 1. The Bertz CT molecular complexity index is 448. The second-order valence-electron chi connectivity index (χ2n) is 6.32. The van der Waals surface area contributed by atoms with Crippen LogP contribution in [0.4, 0.5) is 5.69 Å². The summed E-state index contributed by atoms with van der Waals surface area (Å²) in [6, 6.07) is 7.92. The normalized spacial score (nSPS) is 23.6. The van der Waals surface area contributed by atoms with Crippen molar-refractivity contribution in [3.63, 3.8) is 0 Å². The summed E-state index contributed by atoms with van der Waals surface area (Å²) in [7, 11) is 0. The molecule has 1 aliphatic rings. The van der Waals surface area contributed by atoms with E-state index in [1.54, 1.807) is 0 Å². The predicted molar refractivity (Wildman–Crippen MR) is 83.8 cm³/mol. The van der Waals surface area contributed by atoms with E-state index in [1.807, 2.05) is 31.2 Å². The molecule has 1 aliphatic heterocycles. The first kappa shape index (κ1) is 15.0. The molecule has 3 nitrogen and oxygen atoms in total. The topological polar surface area (TPSA) is 32.3 Å². The fourth-order valence-electron chi connectivity index (χ4n) is 3.16. The Hall–Kier alpha value is -1.35. The maximum Gasteiger partial charge on any atom is 0.225 e. The van der Waals surface area contributed by atoms with Gasteiger partial charge in [0.1, 0.15) is 0 Å². The third-order valence-electron chi connectivity index (χ3n) is 4.02. The van der Waals surface area contributed by atoms with E-state index in [0.29, 0.717) is 6.42 Å². The Labute approximate surface area is 122 Å². The Kier molecular flexibility index (Phi) is 5.18. The molecule has 1 amide bonds. The highest BCUT2D eigenvalue weighted by molar-refractivity contribution is 5.91. The number of nitrogens with zero attached hydrogens (tertiary/aromatic N) is 1. The van der Waals surface area contributed by atoms with Crippen LogP contribution in [0, 0.1) is 18.8 Å². The molecule has 0 bridgehead atoms. The predicted octanol–water partition coefficient (Wildman–Crippen LogP) is 3.30. The van der Waals surface area contributed by atoms with Crippen molar-refractivity contribution in [2.45, 2.75) is 33.6 Å². The number of anilines is 1. The number of hydrogen-bond acceptors (Lipinski definition) is 2. The number of piperidine rings is 1. The summed E-state index contributed by atoms with van der Waals surface area (Å²) >= 11 is 0. The molecular formula is C17H26N2O. The highest BCUT2D eigenvalue weighted by atomic mass is 16.1. The fraction of sp³-hybridized carbons (Fsp3) is 0.588. The van der Waals surface area contributed by atoms with Crippen molar-refractivity contribution in [2.75, 3.05) is 25.0 Å². The highest BCUT2D eigenvalue weighted by Gasteiger charge is 2.21. The molecule has 1 aromatic carbocycles. The van der Waals surface area contributed by atoms with Gasteiger partial charge in [0.25, 0.3) is 0 Å². The third-order valence-corrected chi connectivity index (χ3v) is 4.02. The monoisotopic (exact) mass is 274 g/mol. The van der Waals surface area contributed by atoms with Crippen molar-refractivity contribution in [2.24, 2.45) is 11.8 Å². The van der Waals surface area contributed by atoms with Crippen LogP contribution in [0.15, 0.2) is 24.3 Å². The average molecular weight is 274 g/mol. The quantitative estimate of drug-likeness (QED) is 0.913. The number of benzene rings is 1. The number of para-hydroxylation sites is 1. The van der Waals surface area contributed by atoms with Crippen LogP contribution in [0.5, 0.6) is 0 Å². The van der Waals surface area contributed by atoms with Gasteiger partial charge in [0.05, 0.1) is 0 Å². The summed E-state index contributed by atoms with van der Waals surface area (Å²) in [6.45, 7) is 9.74. The summed E-state index contributed by atoms with van der Waals surface area (Å²) in [4.78, 5) is 14.5. The van der Waals surface area contributed by atoms with E-state index in [2.05, 4.69) is 24.1 Å². The summed E-state index contributed by atoms with van der Waals surface area (Å²) < 4.78 is 0. The number of nitrogens with one attached hydrogen (secondary N) is 1. The minimum absolute atomic E-state index is 0.116. The molecule has 1 saturated heterocycles. The van der Waals surface area contributed by atoms with E-state index in [-0.39, 0.29) is 5.91 Å². The minimum atomic E-state index is 0.116. The SMILES string of the molecule is Cc1ccccc1NC(=O)CCN1C[C@H](C)C[C@@H](C)C1. The molecule has 1 fully saturated rings. The van der Waals surface area contributed by atoms with E-state index in [0.717, 1.165) is 42.7 Å². The molecule has 0 spiro atoms. The second kappa shape index (κ2) is 6.89. The fourth-order valence-corrected chi connectivity index (χ4v) is 3.16. The third kappa shape index (κ3) is 4.34. The van der Waals surface area contributed by atoms with Crippen LogP contribution in [-0.2, 0) is 4.79 Å². The number of likely N-dealkylation sites (tertiary alicyclic amines) is 1. The van der Waals surface area contributed by atoms with Gasteiger partial charge in [-0.2, -0.15) is 0 Å². The van der Waals surface area contributed by atoms with Gasteiger partial charge in [0, 0.05) is 31.7 Å². The van der Waals surface area contributed by atoms with Gasteiger partial charge in [-0.05, 0) is 36.8 Å². The lowest BCUT2D eigenvalue weighted by molar-refractivity contribution is -0.116. The molecule has 1 N–H and O–H groups in total. The first-order valence-corrected chi connectivity index (χ1v) is 7.62. The second-order valence-corrected chi connectivity index (χ2v) is 6.32. The molecular weight excluding hydrogens is 248 g/mol. The van der Waals surface area contributed by atoms with Crippen LogP contribution in [0.1, 0.15) is 32.3 Å². The van der Waals surface area contributed by atoms with Crippen molar-refractivity contribution in [3.8, 4) is 0 Å². The average Bonchev–Trinajstić information content (AvgIpc) is 2.38. The summed E-state index contributed by atoms with van der Waals surface area (Å²) in [5.41, 5.74) is 2.04. The molecule has 0 saturated carbocycles. The number of carbonyl (C=O) groups is 1. The smallest absolute Gasteiger partial charge is 0.225 e. The molecule has 0 radical (unpaired) electrons. The first-order valence-electron chi connectivity index (χ1n) is 7.62. The van der Waals surface area contributed by atoms with E-state index in [1.165, 1.54) is 6.42 Å². The van der Waals surface area contributed by atoms with E-state index < -0.39 is 0 Å². The number of amides is 1. The largest absolute Gasteiger partial charge is 0.326 e. The van der Waals surface area contributed by atoms with Gasteiger partial charge < -0.3 is 10.2 Å². The van der Waals surface area contributed by atoms with Crippen LogP contribution in [0.3, 0.4) is 0 Å².